The minimum atomic E-state index is -0.336. The second kappa shape index (κ2) is 5.54. The van der Waals surface area contributed by atoms with Gasteiger partial charge < -0.3 is 5.32 Å². The molecule has 0 atom stereocenters. The standard InChI is InChI=1S/C15H13ClN4O/c1-2-10-8-13(20-19-10)18-15(21)12-7-9-5-3-4-6-11(9)14(16)17-12/h3-8H,2H2,1H3,(H2,18,19,20,21). The lowest BCUT2D eigenvalue weighted by Gasteiger charge is -2.05. The molecule has 2 N–H and O–H groups in total. The lowest BCUT2D eigenvalue weighted by Crippen LogP contribution is -2.14. The Kier molecular flexibility index (Phi) is 3.58. The summed E-state index contributed by atoms with van der Waals surface area (Å²) in [4.78, 5) is 16.4. The Morgan fingerprint density at radius 3 is 2.90 bits per heavy atom. The SMILES string of the molecule is CCc1cc(NC(=O)c2cc3ccccc3c(Cl)n2)n[nH]1. The molecular weight excluding hydrogens is 288 g/mol. The Bertz CT molecular complexity index is 812. The molecule has 0 aliphatic rings. The predicted molar refractivity (Wildman–Crippen MR) is 82.7 cm³/mol. The van der Waals surface area contributed by atoms with Crippen molar-refractivity contribution in [2.24, 2.45) is 0 Å². The van der Waals surface area contributed by atoms with E-state index in [1.807, 2.05) is 31.2 Å². The van der Waals surface area contributed by atoms with Gasteiger partial charge in [-0.1, -0.05) is 42.8 Å². The molecule has 3 aromatic rings. The van der Waals surface area contributed by atoms with Crippen LogP contribution in [0, 0.1) is 0 Å². The van der Waals surface area contributed by atoms with Gasteiger partial charge in [0, 0.05) is 17.1 Å². The Balaban J connectivity index is 1.90. The molecule has 0 saturated carbocycles. The third kappa shape index (κ3) is 2.73. The van der Waals surface area contributed by atoms with E-state index in [0.717, 1.165) is 22.9 Å². The lowest BCUT2D eigenvalue weighted by atomic mass is 10.1. The van der Waals surface area contributed by atoms with Gasteiger partial charge in [0.25, 0.3) is 5.91 Å². The van der Waals surface area contributed by atoms with E-state index in [9.17, 15) is 4.79 Å². The highest BCUT2D eigenvalue weighted by Crippen LogP contribution is 2.22. The van der Waals surface area contributed by atoms with Crippen LogP contribution in [0.3, 0.4) is 0 Å². The molecule has 6 heteroatoms. The number of amides is 1. The second-order valence-corrected chi connectivity index (χ2v) is 4.96. The fourth-order valence-electron chi connectivity index (χ4n) is 2.06. The number of H-pyrrole nitrogens is 1. The van der Waals surface area contributed by atoms with Crippen LogP contribution in [-0.4, -0.2) is 21.1 Å². The van der Waals surface area contributed by atoms with Gasteiger partial charge in [-0.2, -0.15) is 5.10 Å². The maximum absolute atomic E-state index is 12.2. The Morgan fingerprint density at radius 1 is 1.33 bits per heavy atom. The topological polar surface area (TPSA) is 70.7 Å². The number of hydrogen-bond donors (Lipinski definition) is 2. The summed E-state index contributed by atoms with van der Waals surface area (Å²) in [6.07, 6.45) is 0.822. The molecule has 0 radical (unpaired) electrons. The summed E-state index contributed by atoms with van der Waals surface area (Å²) in [5.41, 5.74) is 1.22. The molecule has 2 heterocycles. The highest BCUT2D eigenvalue weighted by atomic mass is 35.5. The molecule has 21 heavy (non-hydrogen) atoms. The first kappa shape index (κ1) is 13.6. The number of halogens is 1. The van der Waals surface area contributed by atoms with E-state index in [4.69, 9.17) is 11.6 Å². The van der Waals surface area contributed by atoms with Crippen LogP contribution in [0.25, 0.3) is 10.8 Å². The predicted octanol–water partition coefficient (Wildman–Crippen LogP) is 3.43. The number of rotatable bonds is 3. The van der Waals surface area contributed by atoms with Crippen LogP contribution in [0.2, 0.25) is 5.15 Å². The number of aromatic nitrogens is 3. The van der Waals surface area contributed by atoms with E-state index in [-0.39, 0.29) is 11.6 Å². The van der Waals surface area contributed by atoms with Crippen LogP contribution in [-0.2, 0) is 6.42 Å². The lowest BCUT2D eigenvalue weighted by molar-refractivity contribution is 0.102. The molecule has 0 aliphatic carbocycles. The fourth-order valence-corrected chi connectivity index (χ4v) is 2.32. The molecule has 1 aromatic carbocycles. The number of nitrogens with zero attached hydrogens (tertiary/aromatic N) is 2. The maximum atomic E-state index is 12.2. The number of pyridine rings is 1. The highest BCUT2D eigenvalue weighted by molar-refractivity contribution is 6.34. The normalized spacial score (nSPS) is 10.8. The van der Waals surface area contributed by atoms with Crippen molar-refractivity contribution < 1.29 is 4.79 Å². The highest BCUT2D eigenvalue weighted by Gasteiger charge is 2.12. The van der Waals surface area contributed by atoms with Gasteiger partial charge in [-0.15, -0.1) is 0 Å². The summed E-state index contributed by atoms with van der Waals surface area (Å²) in [6.45, 7) is 2.00. The first-order chi connectivity index (χ1) is 10.2. The minimum absolute atomic E-state index is 0.264. The average molecular weight is 301 g/mol. The van der Waals surface area contributed by atoms with Gasteiger partial charge >= 0.3 is 0 Å². The zero-order chi connectivity index (χ0) is 14.8. The Hall–Kier alpha value is -2.40. The van der Waals surface area contributed by atoms with Crippen LogP contribution in [0.4, 0.5) is 5.82 Å². The molecule has 1 amide bonds. The molecule has 0 aliphatic heterocycles. The first-order valence-electron chi connectivity index (χ1n) is 6.58. The number of aryl methyl sites for hydroxylation is 1. The average Bonchev–Trinajstić information content (AvgIpc) is 2.95. The van der Waals surface area contributed by atoms with Gasteiger partial charge in [0.2, 0.25) is 0 Å². The molecule has 2 aromatic heterocycles. The zero-order valence-corrected chi connectivity index (χ0v) is 12.1. The number of nitrogens with one attached hydrogen (secondary N) is 2. The number of fused-ring (bicyclic) bond motifs is 1. The van der Waals surface area contributed by atoms with Crippen molar-refractivity contribution in [1.82, 2.24) is 15.2 Å². The summed E-state index contributed by atoms with van der Waals surface area (Å²) in [5, 5.41) is 11.6. The molecule has 0 saturated heterocycles. The van der Waals surface area contributed by atoms with Gasteiger partial charge in [0.15, 0.2) is 5.82 Å². The Morgan fingerprint density at radius 2 is 2.14 bits per heavy atom. The smallest absolute Gasteiger partial charge is 0.275 e. The monoisotopic (exact) mass is 300 g/mol. The summed E-state index contributed by atoms with van der Waals surface area (Å²) in [6, 6.07) is 11.0. The molecule has 106 valence electrons. The number of anilines is 1. The van der Waals surface area contributed by atoms with Gasteiger partial charge in [-0.3, -0.25) is 9.89 Å². The van der Waals surface area contributed by atoms with E-state index in [1.54, 1.807) is 12.1 Å². The number of carbonyl (C=O) groups is 1. The number of benzene rings is 1. The van der Waals surface area contributed by atoms with Crippen molar-refractivity contribution in [1.29, 1.82) is 0 Å². The minimum Gasteiger partial charge on any atom is -0.304 e. The maximum Gasteiger partial charge on any atom is 0.275 e. The van der Waals surface area contributed by atoms with Crippen LogP contribution < -0.4 is 5.32 Å². The number of hydrogen-bond acceptors (Lipinski definition) is 3. The van der Waals surface area contributed by atoms with Crippen LogP contribution in [0.5, 0.6) is 0 Å². The molecular formula is C15H13ClN4O. The zero-order valence-electron chi connectivity index (χ0n) is 11.4. The van der Waals surface area contributed by atoms with E-state index < -0.39 is 0 Å². The Labute approximate surface area is 126 Å². The molecule has 3 rings (SSSR count). The molecule has 5 nitrogen and oxygen atoms in total. The second-order valence-electron chi connectivity index (χ2n) is 4.61. The first-order valence-corrected chi connectivity index (χ1v) is 6.96. The van der Waals surface area contributed by atoms with Gasteiger partial charge in [-0.05, 0) is 17.9 Å². The van der Waals surface area contributed by atoms with Crippen molar-refractivity contribution in [2.45, 2.75) is 13.3 Å². The van der Waals surface area contributed by atoms with Gasteiger partial charge in [0.1, 0.15) is 10.8 Å². The quantitative estimate of drug-likeness (QED) is 0.728. The van der Waals surface area contributed by atoms with Crippen molar-refractivity contribution >= 4 is 34.1 Å². The van der Waals surface area contributed by atoms with Gasteiger partial charge in [-0.25, -0.2) is 4.98 Å². The number of carbonyl (C=O) groups excluding carboxylic acids is 1. The summed E-state index contributed by atoms with van der Waals surface area (Å²) < 4.78 is 0. The largest absolute Gasteiger partial charge is 0.304 e. The van der Waals surface area contributed by atoms with Crippen molar-refractivity contribution in [2.75, 3.05) is 5.32 Å². The van der Waals surface area contributed by atoms with Gasteiger partial charge in [0.05, 0.1) is 0 Å². The molecule has 0 unspecified atom stereocenters. The van der Waals surface area contributed by atoms with Crippen LogP contribution in [0.1, 0.15) is 23.1 Å². The van der Waals surface area contributed by atoms with Crippen molar-refractivity contribution in [3.05, 3.63) is 52.9 Å². The molecule has 0 spiro atoms. The summed E-state index contributed by atoms with van der Waals surface area (Å²) in [7, 11) is 0. The van der Waals surface area contributed by atoms with Crippen LogP contribution >= 0.6 is 11.6 Å². The van der Waals surface area contributed by atoms with E-state index in [1.165, 1.54) is 0 Å². The van der Waals surface area contributed by atoms with Crippen molar-refractivity contribution in [3.8, 4) is 0 Å². The van der Waals surface area contributed by atoms with Crippen molar-refractivity contribution in [3.63, 3.8) is 0 Å². The van der Waals surface area contributed by atoms with Crippen LogP contribution in [0.15, 0.2) is 36.4 Å². The van der Waals surface area contributed by atoms with E-state index in [0.29, 0.717) is 11.0 Å². The third-order valence-corrected chi connectivity index (χ3v) is 3.47. The van der Waals surface area contributed by atoms with E-state index in [2.05, 4.69) is 20.5 Å². The summed E-state index contributed by atoms with van der Waals surface area (Å²) in [5.74, 6) is 0.139. The fraction of sp³-hybridized carbons (Fsp3) is 0.133. The molecule has 0 bridgehead atoms. The third-order valence-electron chi connectivity index (χ3n) is 3.18. The van der Waals surface area contributed by atoms with E-state index >= 15 is 0 Å². The summed E-state index contributed by atoms with van der Waals surface area (Å²) >= 11 is 6.12. The molecule has 0 fully saturated rings. The number of aromatic amines is 1.